The molecule has 2 atom stereocenters. The maximum atomic E-state index is 9.53. The summed E-state index contributed by atoms with van der Waals surface area (Å²) in [6.07, 6.45) is 1.23. The van der Waals surface area contributed by atoms with E-state index in [1.807, 2.05) is 7.05 Å². The minimum atomic E-state index is -0.0232. The molecule has 0 aromatic carbocycles. The summed E-state index contributed by atoms with van der Waals surface area (Å²) in [6.45, 7) is 3.95. The SMILES string of the molecule is CNC(C1CCN(C)C1)C1(CO)COC1. The van der Waals surface area contributed by atoms with E-state index in [1.54, 1.807) is 0 Å². The Labute approximate surface area is 91.6 Å². The molecule has 0 bridgehead atoms. The lowest BCUT2D eigenvalue weighted by molar-refractivity contribution is -0.161. The average Bonchev–Trinajstić information content (AvgIpc) is 2.58. The van der Waals surface area contributed by atoms with Crippen molar-refractivity contribution < 1.29 is 9.84 Å². The van der Waals surface area contributed by atoms with Crippen molar-refractivity contribution in [3.05, 3.63) is 0 Å². The van der Waals surface area contributed by atoms with E-state index in [2.05, 4.69) is 17.3 Å². The van der Waals surface area contributed by atoms with E-state index in [-0.39, 0.29) is 12.0 Å². The van der Waals surface area contributed by atoms with Gasteiger partial charge in [0.1, 0.15) is 0 Å². The van der Waals surface area contributed by atoms with Crippen molar-refractivity contribution in [2.75, 3.05) is 47.0 Å². The van der Waals surface area contributed by atoms with Crippen molar-refractivity contribution in [3.8, 4) is 0 Å². The quantitative estimate of drug-likeness (QED) is 0.664. The van der Waals surface area contributed by atoms with Gasteiger partial charge in [0.2, 0.25) is 0 Å². The van der Waals surface area contributed by atoms with E-state index in [4.69, 9.17) is 4.74 Å². The van der Waals surface area contributed by atoms with Gasteiger partial charge in [-0.2, -0.15) is 0 Å². The Morgan fingerprint density at radius 3 is 2.67 bits per heavy atom. The van der Waals surface area contributed by atoms with E-state index in [0.717, 1.165) is 6.54 Å². The van der Waals surface area contributed by atoms with Crippen molar-refractivity contribution in [2.24, 2.45) is 11.3 Å². The van der Waals surface area contributed by atoms with Crippen molar-refractivity contribution in [3.63, 3.8) is 0 Å². The Bertz CT molecular complexity index is 213. The van der Waals surface area contributed by atoms with Crippen LogP contribution < -0.4 is 5.32 Å². The van der Waals surface area contributed by atoms with Gasteiger partial charge in [-0.3, -0.25) is 0 Å². The van der Waals surface area contributed by atoms with Crippen LogP contribution in [0.15, 0.2) is 0 Å². The zero-order valence-electron chi connectivity index (χ0n) is 9.70. The van der Waals surface area contributed by atoms with E-state index in [0.29, 0.717) is 25.2 Å². The molecule has 0 aromatic rings. The predicted octanol–water partition coefficient (Wildman–Crippen LogP) is -0.465. The van der Waals surface area contributed by atoms with Crippen molar-refractivity contribution in [2.45, 2.75) is 12.5 Å². The second-order valence-corrected chi connectivity index (χ2v) is 5.09. The molecule has 4 nitrogen and oxygen atoms in total. The van der Waals surface area contributed by atoms with Gasteiger partial charge < -0.3 is 20.1 Å². The molecule has 2 saturated heterocycles. The minimum absolute atomic E-state index is 0.0232. The molecule has 2 N–H and O–H groups in total. The number of ether oxygens (including phenoxy) is 1. The van der Waals surface area contributed by atoms with Crippen LogP contribution in [0.5, 0.6) is 0 Å². The number of likely N-dealkylation sites (tertiary alicyclic amines) is 1. The Morgan fingerprint density at radius 2 is 2.33 bits per heavy atom. The highest BCUT2D eigenvalue weighted by Crippen LogP contribution is 2.37. The molecule has 0 aromatic heterocycles. The molecule has 2 aliphatic rings. The molecule has 15 heavy (non-hydrogen) atoms. The molecule has 2 heterocycles. The Hall–Kier alpha value is -0.160. The van der Waals surface area contributed by atoms with Crippen LogP contribution >= 0.6 is 0 Å². The standard InChI is InChI=1S/C11H22N2O2/c1-12-10(9-3-4-13(2)5-9)11(6-14)7-15-8-11/h9-10,12,14H,3-8H2,1-2H3. The number of aliphatic hydroxyl groups excluding tert-OH is 1. The number of rotatable bonds is 4. The van der Waals surface area contributed by atoms with Crippen LogP contribution in [0.1, 0.15) is 6.42 Å². The second kappa shape index (κ2) is 4.37. The molecule has 0 spiro atoms. The third-order valence-electron chi connectivity index (χ3n) is 3.96. The highest BCUT2D eigenvalue weighted by molar-refractivity contribution is 5.00. The van der Waals surface area contributed by atoms with E-state index in [1.165, 1.54) is 13.0 Å². The average molecular weight is 214 g/mol. The summed E-state index contributed by atoms with van der Waals surface area (Å²) >= 11 is 0. The third-order valence-corrected chi connectivity index (χ3v) is 3.96. The molecule has 0 radical (unpaired) electrons. The predicted molar refractivity (Wildman–Crippen MR) is 58.8 cm³/mol. The fraction of sp³-hybridized carbons (Fsp3) is 1.00. The third kappa shape index (κ3) is 1.91. The molecular formula is C11H22N2O2. The lowest BCUT2D eigenvalue weighted by atomic mass is 9.73. The topological polar surface area (TPSA) is 44.7 Å². The number of hydrogen-bond donors (Lipinski definition) is 2. The highest BCUT2D eigenvalue weighted by Gasteiger charge is 2.48. The Kier molecular flexibility index (Phi) is 3.30. The first-order valence-corrected chi connectivity index (χ1v) is 5.76. The van der Waals surface area contributed by atoms with Crippen molar-refractivity contribution in [1.29, 1.82) is 0 Å². The first-order chi connectivity index (χ1) is 7.22. The minimum Gasteiger partial charge on any atom is -0.396 e. The number of hydrogen-bond acceptors (Lipinski definition) is 4. The van der Waals surface area contributed by atoms with Crippen LogP contribution in [0.3, 0.4) is 0 Å². The molecule has 2 aliphatic heterocycles. The number of aliphatic hydroxyl groups is 1. The molecular weight excluding hydrogens is 192 g/mol. The van der Waals surface area contributed by atoms with Gasteiger partial charge in [-0.25, -0.2) is 0 Å². The van der Waals surface area contributed by atoms with Gasteiger partial charge in [0, 0.05) is 12.6 Å². The zero-order chi connectivity index (χ0) is 10.9. The summed E-state index contributed by atoms with van der Waals surface area (Å²) in [4.78, 5) is 2.36. The molecule has 2 rings (SSSR count). The summed E-state index contributed by atoms with van der Waals surface area (Å²) in [5, 5.41) is 12.9. The monoisotopic (exact) mass is 214 g/mol. The number of nitrogens with one attached hydrogen (secondary N) is 1. The largest absolute Gasteiger partial charge is 0.396 e. The van der Waals surface area contributed by atoms with Crippen LogP contribution in [-0.2, 0) is 4.74 Å². The normalized spacial score (nSPS) is 32.6. The lowest BCUT2D eigenvalue weighted by Gasteiger charge is -2.48. The van der Waals surface area contributed by atoms with Gasteiger partial charge in [-0.15, -0.1) is 0 Å². The Morgan fingerprint density at radius 1 is 1.60 bits per heavy atom. The summed E-state index contributed by atoms with van der Waals surface area (Å²) in [5.74, 6) is 0.649. The van der Waals surface area contributed by atoms with Gasteiger partial charge in [-0.1, -0.05) is 0 Å². The zero-order valence-corrected chi connectivity index (χ0v) is 9.70. The summed E-state index contributed by atoms with van der Waals surface area (Å²) < 4.78 is 5.28. The van der Waals surface area contributed by atoms with Crippen LogP contribution in [0.2, 0.25) is 0 Å². The van der Waals surface area contributed by atoms with Gasteiger partial charge in [-0.05, 0) is 33.0 Å². The van der Waals surface area contributed by atoms with E-state index >= 15 is 0 Å². The maximum absolute atomic E-state index is 9.53. The molecule has 2 fully saturated rings. The molecule has 2 unspecified atom stereocenters. The van der Waals surface area contributed by atoms with Crippen LogP contribution in [0, 0.1) is 11.3 Å². The fourth-order valence-electron chi connectivity index (χ4n) is 3.02. The molecule has 4 heteroatoms. The summed E-state index contributed by atoms with van der Waals surface area (Å²) in [6, 6.07) is 0.390. The highest BCUT2D eigenvalue weighted by atomic mass is 16.5. The smallest absolute Gasteiger partial charge is 0.0582 e. The van der Waals surface area contributed by atoms with Gasteiger partial charge in [0.05, 0.1) is 25.2 Å². The van der Waals surface area contributed by atoms with Crippen LogP contribution in [0.25, 0.3) is 0 Å². The van der Waals surface area contributed by atoms with Crippen LogP contribution in [0.4, 0.5) is 0 Å². The van der Waals surface area contributed by atoms with Gasteiger partial charge in [0.15, 0.2) is 0 Å². The number of nitrogens with zero attached hydrogens (tertiary/aromatic N) is 1. The van der Waals surface area contributed by atoms with Crippen molar-refractivity contribution in [1.82, 2.24) is 10.2 Å². The van der Waals surface area contributed by atoms with E-state index < -0.39 is 0 Å². The van der Waals surface area contributed by atoms with Gasteiger partial charge in [0.25, 0.3) is 0 Å². The first-order valence-electron chi connectivity index (χ1n) is 5.76. The molecule has 0 amide bonds. The molecule has 88 valence electrons. The molecule has 0 saturated carbocycles. The summed E-state index contributed by atoms with van der Waals surface area (Å²) in [5.41, 5.74) is -0.0232. The van der Waals surface area contributed by atoms with Crippen molar-refractivity contribution >= 4 is 0 Å². The first kappa shape index (κ1) is 11.3. The molecule has 0 aliphatic carbocycles. The Balaban J connectivity index is 2.02. The lowest BCUT2D eigenvalue weighted by Crippen LogP contribution is -2.61. The van der Waals surface area contributed by atoms with Gasteiger partial charge >= 0.3 is 0 Å². The van der Waals surface area contributed by atoms with E-state index in [9.17, 15) is 5.11 Å². The summed E-state index contributed by atoms with van der Waals surface area (Å²) in [7, 11) is 4.16. The fourth-order valence-corrected chi connectivity index (χ4v) is 3.02. The second-order valence-electron chi connectivity index (χ2n) is 5.09. The maximum Gasteiger partial charge on any atom is 0.0582 e. The van der Waals surface area contributed by atoms with Crippen LogP contribution in [-0.4, -0.2) is 63.1 Å².